The fraction of sp³-hybridized carbons (Fsp3) is 0.200. The average molecular weight is 415 g/mol. The molecule has 0 saturated heterocycles. The highest BCUT2D eigenvalue weighted by Gasteiger charge is 2.19. The van der Waals surface area contributed by atoms with Crippen LogP contribution in [0.2, 0.25) is 0 Å². The number of carbonyl (C=O) groups excluding carboxylic acids is 1. The van der Waals surface area contributed by atoms with Crippen LogP contribution in [0.3, 0.4) is 0 Å². The molecule has 0 spiro atoms. The van der Waals surface area contributed by atoms with E-state index in [-0.39, 0.29) is 17.8 Å². The summed E-state index contributed by atoms with van der Waals surface area (Å²) < 4.78 is 7.89. The Morgan fingerprint density at radius 1 is 1.03 bits per heavy atom. The lowest BCUT2D eigenvalue weighted by Gasteiger charge is -2.10. The molecule has 0 bridgehead atoms. The van der Waals surface area contributed by atoms with Gasteiger partial charge in [0.25, 0.3) is 5.91 Å². The maximum Gasteiger partial charge on any atom is 0.256 e. The van der Waals surface area contributed by atoms with E-state index in [4.69, 9.17) is 4.74 Å². The molecular formula is C25H25N3O3. The number of anilines is 1. The van der Waals surface area contributed by atoms with Crippen molar-refractivity contribution in [2.24, 2.45) is 0 Å². The molecule has 31 heavy (non-hydrogen) atoms. The van der Waals surface area contributed by atoms with Gasteiger partial charge in [0.1, 0.15) is 17.3 Å². The van der Waals surface area contributed by atoms with Gasteiger partial charge < -0.3 is 19.7 Å². The van der Waals surface area contributed by atoms with Crippen LogP contribution in [0.4, 0.5) is 5.82 Å². The molecule has 0 unspecified atom stereocenters. The van der Waals surface area contributed by atoms with Crippen molar-refractivity contribution in [2.45, 2.75) is 33.7 Å². The first kappa shape index (κ1) is 20.5. The minimum Gasteiger partial charge on any atom is -0.494 e. The molecular weight excluding hydrogens is 390 g/mol. The lowest BCUT2D eigenvalue weighted by atomic mass is 10.1. The standard InChI is InChI=1S/C25H25N3O3/c1-15(2)28-14-21-20(25(28)30)11-18(24(29)27-23-10-7-17(4)13-26-23)12-22(21)31-19-8-5-16(3)6-9-19/h5-15,30H,1-4H3,(H,26,27,29). The molecule has 0 fully saturated rings. The molecule has 6 nitrogen and oxygen atoms in total. The largest absolute Gasteiger partial charge is 0.494 e. The first-order chi connectivity index (χ1) is 14.8. The maximum absolute atomic E-state index is 12.9. The molecule has 2 heterocycles. The van der Waals surface area contributed by atoms with Crippen molar-refractivity contribution in [1.82, 2.24) is 9.55 Å². The van der Waals surface area contributed by atoms with Gasteiger partial charge in [0, 0.05) is 34.8 Å². The fourth-order valence-electron chi connectivity index (χ4n) is 3.36. The third-order valence-corrected chi connectivity index (χ3v) is 5.12. The number of benzene rings is 2. The second-order valence-corrected chi connectivity index (χ2v) is 7.98. The predicted molar refractivity (Wildman–Crippen MR) is 122 cm³/mol. The first-order valence-corrected chi connectivity index (χ1v) is 10.2. The Labute approximate surface area is 181 Å². The summed E-state index contributed by atoms with van der Waals surface area (Å²) in [7, 11) is 0. The molecule has 0 aliphatic carbocycles. The lowest BCUT2D eigenvalue weighted by molar-refractivity contribution is 0.102. The van der Waals surface area contributed by atoms with Crippen LogP contribution in [0.15, 0.2) is 60.9 Å². The lowest BCUT2D eigenvalue weighted by Crippen LogP contribution is -2.13. The number of hydrogen-bond acceptors (Lipinski definition) is 4. The first-order valence-electron chi connectivity index (χ1n) is 10.2. The van der Waals surface area contributed by atoms with Gasteiger partial charge in [-0.3, -0.25) is 4.79 Å². The number of nitrogens with one attached hydrogen (secondary N) is 1. The van der Waals surface area contributed by atoms with Crippen molar-refractivity contribution >= 4 is 22.5 Å². The second kappa shape index (κ2) is 8.14. The van der Waals surface area contributed by atoms with Gasteiger partial charge in [-0.05, 0) is 63.6 Å². The van der Waals surface area contributed by atoms with Crippen molar-refractivity contribution in [3.05, 3.63) is 77.6 Å². The maximum atomic E-state index is 12.9. The Balaban J connectivity index is 1.78. The number of pyridine rings is 1. The monoisotopic (exact) mass is 415 g/mol. The molecule has 0 aliphatic heterocycles. The highest BCUT2D eigenvalue weighted by molar-refractivity contribution is 6.08. The smallest absolute Gasteiger partial charge is 0.256 e. The molecule has 2 aromatic carbocycles. The number of rotatable bonds is 5. The molecule has 0 radical (unpaired) electrons. The number of hydrogen-bond donors (Lipinski definition) is 2. The molecule has 158 valence electrons. The van der Waals surface area contributed by atoms with Gasteiger partial charge in [0.2, 0.25) is 0 Å². The summed E-state index contributed by atoms with van der Waals surface area (Å²) in [5.41, 5.74) is 2.50. The van der Waals surface area contributed by atoms with Gasteiger partial charge in [0.15, 0.2) is 5.88 Å². The van der Waals surface area contributed by atoms with E-state index >= 15 is 0 Å². The second-order valence-electron chi connectivity index (χ2n) is 7.98. The summed E-state index contributed by atoms with van der Waals surface area (Å²) in [5, 5.41) is 14.9. The summed E-state index contributed by atoms with van der Waals surface area (Å²) in [6, 6.07) is 14.7. The topological polar surface area (TPSA) is 76.4 Å². The zero-order chi connectivity index (χ0) is 22.1. The van der Waals surface area contributed by atoms with Crippen molar-refractivity contribution in [2.75, 3.05) is 5.32 Å². The van der Waals surface area contributed by atoms with E-state index in [0.717, 1.165) is 16.5 Å². The van der Waals surface area contributed by atoms with Crippen LogP contribution < -0.4 is 10.1 Å². The van der Waals surface area contributed by atoms with Crippen LogP contribution in [0.1, 0.15) is 41.4 Å². The number of ether oxygens (including phenoxy) is 1. The van der Waals surface area contributed by atoms with Crippen LogP contribution in [0.5, 0.6) is 17.4 Å². The zero-order valence-electron chi connectivity index (χ0n) is 18.0. The third-order valence-electron chi connectivity index (χ3n) is 5.12. The molecule has 0 saturated carbocycles. The van der Waals surface area contributed by atoms with Crippen molar-refractivity contribution < 1.29 is 14.6 Å². The molecule has 6 heteroatoms. The van der Waals surface area contributed by atoms with Crippen LogP contribution >= 0.6 is 0 Å². The number of aryl methyl sites for hydroxylation is 2. The van der Waals surface area contributed by atoms with E-state index in [1.54, 1.807) is 29.0 Å². The normalized spacial score (nSPS) is 11.1. The third kappa shape index (κ3) is 4.23. The number of fused-ring (bicyclic) bond motifs is 1. The number of nitrogens with zero attached hydrogens (tertiary/aromatic N) is 2. The van der Waals surface area contributed by atoms with Gasteiger partial charge in [-0.25, -0.2) is 4.98 Å². The van der Waals surface area contributed by atoms with Crippen LogP contribution in [0, 0.1) is 13.8 Å². The van der Waals surface area contributed by atoms with Crippen LogP contribution in [-0.4, -0.2) is 20.6 Å². The minimum atomic E-state index is -0.330. The summed E-state index contributed by atoms with van der Waals surface area (Å²) in [6.45, 7) is 7.90. The minimum absolute atomic E-state index is 0.0497. The van der Waals surface area contributed by atoms with E-state index in [1.165, 1.54) is 0 Å². The molecule has 4 rings (SSSR count). The number of aromatic nitrogens is 2. The zero-order valence-corrected chi connectivity index (χ0v) is 18.0. The van der Waals surface area contributed by atoms with E-state index in [0.29, 0.717) is 28.3 Å². The Morgan fingerprint density at radius 3 is 2.39 bits per heavy atom. The molecule has 2 N–H and O–H groups in total. The molecule has 2 aromatic heterocycles. The van der Waals surface area contributed by atoms with Crippen molar-refractivity contribution in [3.63, 3.8) is 0 Å². The SMILES string of the molecule is Cc1ccc(Oc2cc(C(=O)Nc3ccc(C)cn3)cc3c(O)n(C(C)C)cc23)cc1. The molecule has 0 aliphatic rings. The average Bonchev–Trinajstić information content (AvgIpc) is 3.08. The summed E-state index contributed by atoms with van der Waals surface area (Å²) in [5.74, 6) is 1.38. The predicted octanol–water partition coefficient (Wildman–Crippen LogP) is 5.98. The quantitative estimate of drug-likeness (QED) is 0.420. The molecule has 4 aromatic rings. The van der Waals surface area contributed by atoms with Crippen LogP contribution in [-0.2, 0) is 0 Å². The highest BCUT2D eigenvalue weighted by atomic mass is 16.5. The summed E-state index contributed by atoms with van der Waals surface area (Å²) in [4.78, 5) is 17.2. The number of carbonyl (C=O) groups is 1. The Hall–Kier alpha value is -3.80. The van der Waals surface area contributed by atoms with Gasteiger partial charge in [-0.15, -0.1) is 0 Å². The van der Waals surface area contributed by atoms with Crippen molar-refractivity contribution in [1.29, 1.82) is 0 Å². The van der Waals surface area contributed by atoms with Gasteiger partial charge in [-0.1, -0.05) is 23.8 Å². The summed E-state index contributed by atoms with van der Waals surface area (Å²) >= 11 is 0. The van der Waals surface area contributed by atoms with Gasteiger partial charge in [0.05, 0.1) is 0 Å². The Morgan fingerprint density at radius 2 is 1.74 bits per heavy atom. The van der Waals surface area contributed by atoms with Gasteiger partial charge in [-0.2, -0.15) is 0 Å². The Bertz CT molecular complexity index is 1240. The van der Waals surface area contributed by atoms with Gasteiger partial charge >= 0.3 is 0 Å². The number of aromatic hydroxyl groups is 1. The molecule has 0 atom stereocenters. The summed E-state index contributed by atoms with van der Waals surface area (Å²) in [6.07, 6.45) is 3.54. The van der Waals surface area contributed by atoms with E-state index < -0.39 is 0 Å². The van der Waals surface area contributed by atoms with E-state index in [1.807, 2.05) is 64.2 Å². The highest BCUT2D eigenvalue weighted by Crippen LogP contribution is 2.39. The van der Waals surface area contributed by atoms with E-state index in [9.17, 15) is 9.90 Å². The van der Waals surface area contributed by atoms with E-state index in [2.05, 4.69) is 10.3 Å². The number of amides is 1. The fourth-order valence-corrected chi connectivity index (χ4v) is 3.36. The van der Waals surface area contributed by atoms with Crippen LogP contribution in [0.25, 0.3) is 10.8 Å². The van der Waals surface area contributed by atoms with Crippen molar-refractivity contribution in [3.8, 4) is 17.4 Å². The molecule has 1 amide bonds. The Kier molecular flexibility index (Phi) is 5.38.